The van der Waals surface area contributed by atoms with Gasteiger partial charge >= 0.3 is 0 Å². The Labute approximate surface area is 201 Å². The third kappa shape index (κ3) is 6.04. The van der Waals surface area contributed by atoms with Gasteiger partial charge in [-0.05, 0) is 80.3 Å². The van der Waals surface area contributed by atoms with Crippen molar-refractivity contribution in [2.75, 3.05) is 13.2 Å². The summed E-state index contributed by atoms with van der Waals surface area (Å²) in [6.07, 6.45) is 6.03. The summed E-state index contributed by atoms with van der Waals surface area (Å²) in [7, 11) is 0. The van der Waals surface area contributed by atoms with E-state index < -0.39 is 0 Å². The second kappa shape index (κ2) is 9.98. The fraction of sp³-hybridized carbons (Fsp3) is 0.556. The number of ether oxygens (including phenoxy) is 1. The minimum atomic E-state index is -0.300. The van der Waals surface area contributed by atoms with Crippen LogP contribution in [0.15, 0.2) is 47.2 Å². The van der Waals surface area contributed by atoms with Gasteiger partial charge in [-0.15, -0.1) is 0 Å². The van der Waals surface area contributed by atoms with E-state index in [0.717, 1.165) is 38.7 Å². The average Bonchev–Trinajstić information content (AvgIpc) is 3.42. The lowest BCUT2D eigenvalue weighted by Gasteiger charge is -2.45. The molecule has 2 aromatic rings. The van der Waals surface area contributed by atoms with Gasteiger partial charge in [0.25, 0.3) is 0 Å². The van der Waals surface area contributed by atoms with Crippen LogP contribution in [0.2, 0.25) is 0 Å². The van der Waals surface area contributed by atoms with Crippen molar-refractivity contribution in [1.29, 1.82) is 0 Å². The third-order valence-electron chi connectivity index (χ3n) is 7.34. The Morgan fingerprint density at radius 1 is 1.15 bits per heavy atom. The number of benzene rings is 1. The van der Waals surface area contributed by atoms with Crippen molar-refractivity contribution in [2.24, 2.45) is 0 Å². The number of hydrogen-bond donors (Lipinski definition) is 2. The SMILES string of the molecule is CC1(C)C[C@](CCNC(=O)CC[C@@]2(Cc3ccsc3)CCC(=O)N2)(c2ccccc2)CCO1. The molecule has 2 amide bonds. The molecule has 33 heavy (non-hydrogen) atoms. The van der Waals surface area contributed by atoms with Gasteiger partial charge in [-0.3, -0.25) is 9.59 Å². The number of nitrogens with one attached hydrogen (secondary N) is 2. The van der Waals surface area contributed by atoms with Crippen molar-refractivity contribution in [3.05, 3.63) is 58.3 Å². The normalized spacial score (nSPS) is 26.7. The van der Waals surface area contributed by atoms with Gasteiger partial charge in [-0.25, -0.2) is 0 Å². The zero-order valence-electron chi connectivity index (χ0n) is 19.8. The van der Waals surface area contributed by atoms with Gasteiger partial charge in [0.05, 0.1) is 5.60 Å². The highest BCUT2D eigenvalue weighted by molar-refractivity contribution is 7.07. The Morgan fingerprint density at radius 2 is 1.97 bits per heavy atom. The van der Waals surface area contributed by atoms with Crippen LogP contribution < -0.4 is 10.6 Å². The van der Waals surface area contributed by atoms with Crippen molar-refractivity contribution in [3.63, 3.8) is 0 Å². The molecule has 0 bridgehead atoms. The molecule has 6 heteroatoms. The predicted octanol–water partition coefficient (Wildman–Crippen LogP) is 4.75. The molecule has 5 nitrogen and oxygen atoms in total. The van der Waals surface area contributed by atoms with E-state index in [1.807, 2.05) is 0 Å². The molecule has 1 aromatic heterocycles. The number of thiophene rings is 1. The first-order valence-corrected chi connectivity index (χ1v) is 13.0. The van der Waals surface area contributed by atoms with E-state index in [4.69, 9.17) is 4.74 Å². The average molecular weight is 469 g/mol. The molecule has 2 aliphatic rings. The molecule has 0 radical (unpaired) electrons. The number of carbonyl (C=O) groups excluding carboxylic acids is 2. The Bertz CT molecular complexity index is 944. The molecule has 2 atom stereocenters. The van der Waals surface area contributed by atoms with E-state index in [-0.39, 0.29) is 28.4 Å². The van der Waals surface area contributed by atoms with Crippen molar-refractivity contribution >= 4 is 23.2 Å². The summed E-state index contributed by atoms with van der Waals surface area (Å²) in [6, 6.07) is 12.8. The van der Waals surface area contributed by atoms with Gasteiger partial charge in [0.2, 0.25) is 11.8 Å². The molecule has 2 fully saturated rings. The standard InChI is InChI=1S/C27H36N2O3S/c1-25(2)20-26(14-16-32-25,22-6-4-3-5-7-22)13-15-28-23(30)8-11-27(12-9-24(31)29-27)18-21-10-17-33-19-21/h3-7,10,17,19H,8-9,11-16,18,20H2,1-2H3,(H,28,30)(H,29,31)/t26-,27+/m1/s1. The molecule has 0 aliphatic carbocycles. The first kappa shape index (κ1) is 24.0. The van der Waals surface area contributed by atoms with Crippen LogP contribution in [-0.4, -0.2) is 36.1 Å². The van der Waals surface area contributed by atoms with Gasteiger partial charge < -0.3 is 15.4 Å². The van der Waals surface area contributed by atoms with E-state index in [0.29, 0.717) is 25.8 Å². The summed E-state index contributed by atoms with van der Waals surface area (Å²) in [4.78, 5) is 24.8. The summed E-state index contributed by atoms with van der Waals surface area (Å²) in [5.74, 6) is 0.160. The van der Waals surface area contributed by atoms with Gasteiger partial charge in [-0.2, -0.15) is 11.3 Å². The fourth-order valence-electron chi connectivity index (χ4n) is 5.72. The number of carbonyl (C=O) groups is 2. The smallest absolute Gasteiger partial charge is 0.220 e. The molecule has 1 aromatic carbocycles. The predicted molar refractivity (Wildman–Crippen MR) is 132 cm³/mol. The first-order chi connectivity index (χ1) is 15.8. The quantitative estimate of drug-likeness (QED) is 0.558. The summed E-state index contributed by atoms with van der Waals surface area (Å²) in [5.41, 5.74) is 2.10. The highest BCUT2D eigenvalue weighted by Gasteiger charge is 2.42. The maximum Gasteiger partial charge on any atom is 0.220 e. The Kier molecular flexibility index (Phi) is 7.25. The van der Waals surface area contributed by atoms with Crippen LogP contribution in [0.5, 0.6) is 0 Å². The van der Waals surface area contributed by atoms with Gasteiger partial charge in [0.1, 0.15) is 0 Å². The van der Waals surface area contributed by atoms with Crippen molar-refractivity contribution in [2.45, 2.75) is 81.8 Å². The Morgan fingerprint density at radius 3 is 2.64 bits per heavy atom. The second-order valence-electron chi connectivity index (χ2n) is 10.4. The van der Waals surface area contributed by atoms with E-state index in [1.165, 1.54) is 11.1 Å². The summed E-state index contributed by atoms with van der Waals surface area (Å²) in [6.45, 7) is 5.70. The summed E-state index contributed by atoms with van der Waals surface area (Å²) < 4.78 is 6.01. The molecular formula is C27H36N2O3S. The van der Waals surface area contributed by atoms with Crippen molar-refractivity contribution in [3.8, 4) is 0 Å². The topological polar surface area (TPSA) is 67.4 Å². The first-order valence-electron chi connectivity index (χ1n) is 12.1. The minimum absolute atomic E-state index is 0.00981. The second-order valence-corrected chi connectivity index (χ2v) is 11.2. The molecule has 178 valence electrons. The highest BCUT2D eigenvalue weighted by Crippen LogP contribution is 2.43. The van der Waals surface area contributed by atoms with Gasteiger partial charge in [0, 0.05) is 36.9 Å². The Balaban J connectivity index is 1.34. The van der Waals surface area contributed by atoms with Crippen LogP contribution in [0.25, 0.3) is 0 Å². The lowest BCUT2D eigenvalue weighted by Crippen LogP contribution is -2.46. The Hall–Kier alpha value is -2.18. The zero-order chi connectivity index (χ0) is 23.4. The number of hydrogen-bond acceptors (Lipinski definition) is 4. The van der Waals surface area contributed by atoms with Crippen LogP contribution in [0, 0.1) is 0 Å². The van der Waals surface area contributed by atoms with Crippen LogP contribution >= 0.6 is 11.3 Å². The van der Waals surface area contributed by atoms with Crippen molar-refractivity contribution < 1.29 is 14.3 Å². The third-order valence-corrected chi connectivity index (χ3v) is 8.07. The lowest BCUT2D eigenvalue weighted by molar-refractivity contribution is -0.123. The van der Waals surface area contributed by atoms with Gasteiger partial charge in [0.15, 0.2) is 0 Å². The molecule has 0 spiro atoms. The molecule has 0 saturated carbocycles. The van der Waals surface area contributed by atoms with E-state index in [9.17, 15) is 9.59 Å². The molecule has 2 aliphatic heterocycles. The monoisotopic (exact) mass is 468 g/mol. The van der Waals surface area contributed by atoms with Crippen LogP contribution in [0.3, 0.4) is 0 Å². The largest absolute Gasteiger partial charge is 0.376 e. The molecular weight excluding hydrogens is 432 g/mol. The fourth-order valence-corrected chi connectivity index (χ4v) is 6.39. The van der Waals surface area contributed by atoms with Crippen molar-refractivity contribution in [1.82, 2.24) is 10.6 Å². The molecule has 0 unspecified atom stereocenters. The molecule has 2 saturated heterocycles. The van der Waals surface area contributed by atoms with E-state index in [1.54, 1.807) is 11.3 Å². The summed E-state index contributed by atoms with van der Waals surface area (Å²) >= 11 is 1.67. The van der Waals surface area contributed by atoms with Gasteiger partial charge in [-0.1, -0.05) is 30.3 Å². The molecule has 4 rings (SSSR count). The zero-order valence-corrected chi connectivity index (χ0v) is 20.6. The lowest BCUT2D eigenvalue weighted by atomic mass is 9.67. The van der Waals surface area contributed by atoms with E-state index >= 15 is 0 Å². The maximum absolute atomic E-state index is 12.8. The number of amides is 2. The number of rotatable bonds is 9. The molecule has 2 N–H and O–H groups in total. The van der Waals surface area contributed by atoms with Crippen LogP contribution in [0.4, 0.5) is 0 Å². The van der Waals surface area contributed by atoms with Crippen LogP contribution in [-0.2, 0) is 26.2 Å². The van der Waals surface area contributed by atoms with Crippen LogP contribution in [0.1, 0.15) is 69.9 Å². The maximum atomic E-state index is 12.8. The molecule has 3 heterocycles. The summed E-state index contributed by atoms with van der Waals surface area (Å²) in [5, 5.41) is 10.5. The van der Waals surface area contributed by atoms with E-state index in [2.05, 4.69) is 71.6 Å². The minimum Gasteiger partial charge on any atom is -0.376 e. The highest BCUT2D eigenvalue weighted by atomic mass is 32.1.